The van der Waals surface area contributed by atoms with Crippen LogP contribution in [0.25, 0.3) is 0 Å². The van der Waals surface area contributed by atoms with Crippen molar-refractivity contribution in [3.05, 3.63) is 11.1 Å². The minimum Gasteiger partial charge on any atom is -0.192 e. The summed E-state index contributed by atoms with van der Waals surface area (Å²) in [7, 11) is -3.07. The second-order valence-electron chi connectivity index (χ2n) is 5.97. The molecule has 0 unspecified atom stereocenters. The van der Waals surface area contributed by atoms with E-state index < -0.39 is 16.1 Å². The van der Waals surface area contributed by atoms with Crippen LogP contribution in [0.4, 0.5) is 0 Å². The first-order chi connectivity index (χ1) is 8.09. The van der Waals surface area contributed by atoms with E-state index in [2.05, 4.69) is 62.2 Å². The van der Waals surface area contributed by atoms with E-state index in [-0.39, 0.29) is 5.57 Å². The molecule has 0 heterocycles. The molecule has 0 amide bonds. The molecule has 0 saturated heterocycles. The maximum absolute atomic E-state index is 8.91. The largest absolute Gasteiger partial charge is 0.192 e. The number of hydrogen-bond donors (Lipinski definition) is 0. The Morgan fingerprint density at radius 1 is 0.667 bits per heavy atom. The van der Waals surface area contributed by atoms with Crippen LogP contribution in [0, 0.1) is 45.6 Å². The number of rotatable bonds is 0. The Morgan fingerprint density at radius 2 is 1.00 bits per heavy atom. The van der Waals surface area contributed by atoms with Gasteiger partial charge in [0, 0.05) is 0 Å². The van der Waals surface area contributed by atoms with Crippen LogP contribution in [0.15, 0.2) is 11.1 Å². The maximum atomic E-state index is 8.91. The highest BCUT2D eigenvalue weighted by atomic mass is 28.3. The minimum atomic E-state index is -1.54. The Balaban J connectivity index is 5.71. The Hall–Kier alpha value is -1.73. The van der Waals surface area contributed by atoms with Crippen LogP contribution in [-0.4, -0.2) is 16.1 Å². The summed E-state index contributed by atoms with van der Waals surface area (Å²) in [6.07, 6.45) is 0. The van der Waals surface area contributed by atoms with E-state index in [1.165, 1.54) is 0 Å². The molecule has 0 radical (unpaired) electrons. The van der Waals surface area contributed by atoms with Gasteiger partial charge in [0.15, 0.2) is 5.57 Å². The van der Waals surface area contributed by atoms with Gasteiger partial charge in [-0.1, -0.05) is 51.1 Å². The topological polar surface area (TPSA) is 47.6 Å². The van der Waals surface area contributed by atoms with Crippen molar-refractivity contribution < 1.29 is 0 Å². The number of nitriles is 2. The van der Waals surface area contributed by atoms with Crippen molar-refractivity contribution in [2.24, 2.45) is 0 Å². The predicted octanol–water partition coefficient (Wildman–Crippen LogP) is 3.09. The van der Waals surface area contributed by atoms with Crippen molar-refractivity contribution in [2.75, 3.05) is 0 Å². The molecule has 0 aromatic heterocycles. The van der Waals surface area contributed by atoms with Crippen LogP contribution in [0.1, 0.15) is 0 Å². The predicted molar refractivity (Wildman–Crippen MR) is 80.5 cm³/mol. The fraction of sp³-hybridized carbons (Fsp3) is 0.429. The third kappa shape index (κ3) is 7.53. The van der Waals surface area contributed by atoms with Crippen molar-refractivity contribution in [1.29, 1.82) is 10.5 Å². The van der Waals surface area contributed by atoms with Crippen molar-refractivity contribution >= 4 is 16.1 Å². The van der Waals surface area contributed by atoms with E-state index in [0.717, 1.165) is 0 Å². The van der Waals surface area contributed by atoms with Gasteiger partial charge in [-0.15, -0.1) is 11.1 Å². The molecule has 0 rings (SSSR count). The van der Waals surface area contributed by atoms with Gasteiger partial charge < -0.3 is 0 Å². The van der Waals surface area contributed by atoms with E-state index in [1.54, 1.807) is 0 Å². The molecule has 0 N–H and O–H groups in total. The van der Waals surface area contributed by atoms with Crippen molar-refractivity contribution in [3.8, 4) is 35.1 Å². The quantitative estimate of drug-likeness (QED) is 0.386. The van der Waals surface area contributed by atoms with Gasteiger partial charge in [-0.3, -0.25) is 0 Å². The molecule has 92 valence electrons. The first kappa shape index (κ1) is 16.3. The van der Waals surface area contributed by atoms with E-state index in [0.29, 0.717) is 5.57 Å². The molecule has 0 bridgehead atoms. The van der Waals surface area contributed by atoms with Crippen molar-refractivity contribution in [2.45, 2.75) is 39.3 Å². The van der Waals surface area contributed by atoms with Gasteiger partial charge in [-0.05, 0) is 0 Å². The summed E-state index contributed by atoms with van der Waals surface area (Å²) in [4.78, 5) is 0. The van der Waals surface area contributed by atoms with Gasteiger partial charge in [0.2, 0.25) is 0 Å². The third-order valence-corrected chi connectivity index (χ3v) is 3.35. The number of hydrogen-bond acceptors (Lipinski definition) is 2. The van der Waals surface area contributed by atoms with Gasteiger partial charge in [0.1, 0.15) is 33.9 Å². The molecule has 0 aromatic rings. The Morgan fingerprint density at radius 3 is 1.22 bits per heavy atom. The summed E-state index contributed by atoms with van der Waals surface area (Å²) in [6.45, 7) is 12.7. The van der Waals surface area contributed by atoms with Gasteiger partial charge >= 0.3 is 0 Å². The standard InChI is InChI=1S/C14H18N2Si2/c1-17(2,3)9-7-13(14(11-15)12-16)8-10-18(4,5)6/h1-6H3. The highest BCUT2D eigenvalue weighted by Crippen LogP contribution is 2.05. The minimum absolute atomic E-state index is 0.0199. The van der Waals surface area contributed by atoms with Crippen molar-refractivity contribution in [1.82, 2.24) is 0 Å². The van der Waals surface area contributed by atoms with Crippen LogP contribution in [0.3, 0.4) is 0 Å². The zero-order valence-corrected chi connectivity index (χ0v) is 13.9. The van der Waals surface area contributed by atoms with Crippen LogP contribution in [0.5, 0.6) is 0 Å². The summed E-state index contributed by atoms with van der Waals surface area (Å²) in [5.74, 6) is 5.86. The van der Waals surface area contributed by atoms with E-state index in [1.807, 2.05) is 12.1 Å². The second-order valence-corrected chi connectivity index (χ2v) is 15.5. The third-order valence-electron chi connectivity index (χ3n) is 1.60. The molecule has 2 nitrogen and oxygen atoms in total. The monoisotopic (exact) mass is 270 g/mol. The van der Waals surface area contributed by atoms with Gasteiger partial charge in [0.25, 0.3) is 0 Å². The molecule has 0 aliphatic heterocycles. The summed E-state index contributed by atoms with van der Waals surface area (Å²) in [6, 6.07) is 3.74. The van der Waals surface area contributed by atoms with E-state index >= 15 is 0 Å². The second kappa shape index (κ2) is 6.27. The molecule has 18 heavy (non-hydrogen) atoms. The normalized spacial score (nSPS) is 9.78. The van der Waals surface area contributed by atoms with Gasteiger partial charge in [-0.25, -0.2) is 0 Å². The highest BCUT2D eigenvalue weighted by molar-refractivity contribution is 6.84. The zero-order chi connectivity index (χ0) is 14.4. The molecular formula is C14H18N2Si2. The smallest absolute Gasteiger partial charge is 0.153 e. The molecule has 0 fully saturated rings. The Bertz CT molecular complexity index is 500. The summed E-state index contributed by atoms with van der Waals surface area (Å²) in [5, 5.41) is 17.8. The lowest BCUT2D eigenvalue weighted by Crippen LogP contribution is -2.17. The van der Waals surface area contributed by atoms with E-state index in [4.69, 9.17) is 10.5 Å². The van der Waals surface area contributed by atoms with E-state index in [9.17, 15) is 0 Å². The number of nitrogens with zero attached hydrogens (tertiary/aromatic N) is 2. The Labute approximate surface area is 112 Å². The molecule has 0 aliphatic rings. The van der Waals surface area contributed by atoms with Crippen LogP contribution in [0.2, 0.25) is 39.3 Å². The first-order valence-electron chi connectivity index (χ1n) is 5.70. The summed E-state index contributed by atoms with van der Waals surface area (Å²) in [5.41, 5.74) is 6.70. The average Bonchev–Trinajstić information content (AvgIpc) is 2.19. The highest BCUT2D eigenvalue weighted by Gasteiger charge is 2.10. The fourth-order valence-corrected chi connectivity index (χ4v) is 1.79. The molecule has 0 spiro atoms. The SMILES string of the molecule is C[Si](C)(C)C#CC(C#C[Si](C)(C)C)=C(C#N)C#N. The Kier molecular flexibility index (Phi) is 5.67. The molecular weight excluding hydrogens is 252 g/mol. The molecule has 0 saturated carbocycles. The zero-order valence-electron chi connectivity index (χ0n) is 11.9. The first-order valence-corrected chi connectivity index (χ1v) is 12.7. The lowest BCUT2D eigenvalue weighted by Gasteiger charge is -2.04. The summed E-state index contributed by atoms with van der Waals surface area (Å²) < 4.78 is 0. The lowest BCUT2D eigenvalue weighted by molar-refractivity contribution is 1.45. The van der Waals surface area contributed by atoms with Gasteiger partial charge in [-0.2, -0.15) is 10.5 Å². The van der Waals surface area contributed by atoms with Crippen LogP contribution >= 0.6 is 0 Å². The average molecular weight is 270 g/mol. The van der Waals surface area contributed by atoms with Crippen LogP contribution in [-0.2, 0) is 0 Å². The lowest BCUT2D eigenvalue weighted by atomic mass is 10.1. The molecule has 4 heteroatoms. The molecule has 0 atom stereocenters. The maximum Gasteiger partial charge on any atom is 0.153 e. The molecule has 0 aliphatic carbocycles. The summed E-state index contributed by atoms with van der Waals surface area (Å²) >= 11 is 0. The molecule has 0 aromatic carbocycles. The van der Waals surface area contributed by atoms with Crippen molar-refractivity contribution in [3.63, 3.8) is 0 Å². The fourth-order valence-electron chi connectivity index (χ4n) is 0.793. The van der Waals surface area contributed by atoms with Crippen LogP contribution < -0.4 is 0 Å². The number of allylic oxidation sites excluding steroid dienone is 2. The van der Waals surface area contributed by atoms with Gasteiger partial charge in [0.05, 0.1) is 0 Å².